The van der Waals surface area contributed by atoms with E-state index >= 15 is 0 Å². The number of halogens is 1. The van der Waals surface area contributed by atoms with Crippen molar-refractivity contribution in [2.45, 2.75) is 38.6 Å². The topological polar surface area (TPSA) is 53.0 Å². The first-order chi connectivity index (χ1) is 8.98. The number of hydrogen-bond donors (Lipinski definition) is 1. The van der Waals surface area contributed by atoms with E-state index in [0.29, 0.717) is 6.42 Å². The van der Waals surface area contributed by atoms with Crippen LogP contribution in [0.1, 0.15) is 33.1 Å². The van der Waals surface area contributed by atoms with Gasteiger partial charge in [0.2, 0.25) is 0 Å². The van der Waals surface area contributed by atoms with Gasteiger partial charge in [-0.1, -0.05) is 6.07 Å². The Balaban J connectivity index is 2.44. The Kier molecular flexibility index (Phi) is 5.78. The minimum atomic E-state index is -0.740. The van der Waals surface area contributed by atoms with Crippen LogP contribution >= 0.6 is 0 Å². The maximum atomic E-state index is 13.2. The molecule has 0 amide bonds. The summed E-state index contributed by atoms with van der Waals surface area (Å²) >= 11 is 0. The number of unbranched alkanes of at least 4 members (excludes halogenated alkanes) is 1. The number of hydrogen-bond acceptors (Lipinski definition) is 3. The van der Waals surface area contributed by atoms with Crippen LogP contribution in [-0.4, -0.2) is 18.6 Å². The third kappa shape index (κ3) is 5.27. The SMILES string of the molecule is CCN(CCCCC(C)(N)C#N)c1cccc(F)c1. The van der Waals surface area contributed by atoms with Crippen LogP contribution in [-0.2, 0) is 0 Å². The minimum absolute atomic E-state index is 0.213. The van der Waals surface area contributed by atoms with Gasteiger partial charge in [0.15, 0.2) is 0 Å². The number of nitriles is 1. The molecule has 104 valence electrons. The van der Waals surface area contributed by atoms with E-state index in [-0.39, 0.29) is 5.82 Å². The predicted molar refractivity (Wildman–Crippen MR) is 76.3 cm³/mol. The maximum absolute atomic E-state index is 13.2. The number of nitrogens with zero attached hydrogens (tertiary/aromatic N) is 2. The van der Waals surface area contributed by atoms with Crippen LogP contribution in [0, 0.1) is 17.1 Å². The Labute approximate surface area is 114 Å². The van der Waals surface area contributed by atoms with Crippen molar-refractivity contribution < 1.29 is 4.39 Å². The Hall–Kier alpha value is -1.60. The summed E-state index contributed by atoms with van der Waals surface area (Å²) in [5.74, 6) is -0.213. The van der Waals surface area contributed by atoms with E-state index in [1.165, 1.54) is 6.07 Å². The first-order valence-electron chi connectivity index (χ1n) is 6.69. The molecule has 0 saturated heterocycles. The molecule has 2 N–H and O–H groups in total. The Morgan fingerprint density at radius 1 is 1.42 bits per heavy atom. The molecule has 0 fully saturated rings. The van der Waals surface area contributed by atoms with E-state index in [4.69, 9.17) is 11.0 Å². The molecule has 0 radical (unpaired) electrons. The molecule has 0 saturated carbocycles. The molecule has 0 heterocycles. The van der Waals surface area contributed by atoms with Crippen LogP contribution in [0.15, 0.2) is 24.3 Å². The van der Waals surface area contributed by atoms with Crippen molar-refractivity contribution in [3.63, 3.8) is 0 Å². The van der Waals surface area contributed by atoms with Gasteiger partial charge in [0.25, 0.3) is 0 Å². The van der Waals surface area contributed by atoms with Gasteiger partial charge in [-0.15, -0.1) is 0 Å². The van der Waals surface area contributed by atoms with E-state index in [1.54, 1.807) is 19.1 Å². The maximum Gasteiger partial charge on any atom is 0.125 e. The summed E-state index contributed by atoms with van der Waals surface area (Å²) in [5, 5.41) is 8.83. The minimum Gasteiger partial charge on any atom is -0.372 e. The molecule has 19 heavy (non-hydrogen) atoms. The van der Waals surface area contributed by atoms with E-state index in [9.17, 15) is 4.39 Å². The molecule has 0 aliphatic rings. The van der Waals surface area contributed by atoms with Crippen molar-refractivity contribution in [1.29, 1.82) is 5.26 Å². The molecular weight excluding hydrogens is 241 g/mol. The van der Waals surface area contributed by atoms with Crippen molar-refractivity contribution in [2.75, 3.05) is 18.0 Å². The molecule has 0 aliphatic heterocycles. The Bertz CT molecular complexity index is 437. The molecule has 4 heteroatoms. The van der Waals surface area contributed by atoms with Gasteiger partial charge in [-0.05, 0) is 51.3 Å². The largest absolute Gasteiger partial charge is 0.372 e. The highest BCUT2D eigenvalue weighted by Gasteiger charge is 2.16. The first kappa shape index (κ1) is 15.5. The quantitative estimate of drug-likeness (QED) is 0.769. The molecule has 1 rings (SSSR count). The monoisotopic (exact) mass is 263 g/mol. The highest BCUT2D eigenvalue weighted by Crippen LogP contribution is 2.17. The normalized spacial score (nSPS) is 13.6. The molecule has 1 aromatic rings. The fourth-order valence-corrected chi connectivity index (χ4v) is 1.99. The van der Waals surface area contributed by atoms with Crippen LogP contribution in [0.2, 0.25) is 0 Å². The van der Waals surface area contributed by atoms with Gasteiger partial charge in [0.05, 0.1) is 6.07 Å². The number of rotatable bonds is 7. The summed E-state index contributed by atoms with van der Waals surface area (Å²) in [6.45, 7) is 5.48. The second-order valence-corrected chi connectivity index (χ2v) is 5.05. The standard InChI is InChI=1S/C15H22FN3/c1-3-19(14-8-6-7-13(16)11-14)10-5-4-9-15(2,18)12-17/h6-8,11H,3-5,9-10,18H2,1-2H3. The van der Waals surface area contributed by atoms with Gasteiger partial charge in [0.1, 0.15) is 11.4 Å². The van der Waals surface area contributed by atoms with Crippen LogP contribution in [0.4, 0.5) is 10.1 Å². The van der Waals surface area contributed by atoms with Crippen LogP contribution in [0.5, 0.6) is 0 Å². The van der Waals surface area contributed by atoms with Gasteiger partial charge >= 0.3 is 0 Å². The van der Waals surface area contributed by atoms with Crippen LogP contribution < -0.4 is 10.6 Å². The first-order valence-corrected chi connectivity index (χ1v) is 6.69. The van der Waals surface area contributed by atoms with Crippen molar-refractivity contribution in [3.8, 4) is 6.07 Å². The predicted octanol–water partition coefficient (Wildman–Crippen LogP) is 3.06. The van der Waals surface area contributed by atoms with Crippen molar-refractivity contribution in [1.82, 2.24) is 0 Å². The second-order valence-electron chi connectivity index (χ2n) is 5.05. The average molecular weight is 263 g/mol. The molecule has 0 aliphatic carbocycles. The smallest absolute Gasteiger partial charge is 0.125 e. The van der Waals surface area contributed by atoms with Gasteiger partial charge in [0, 0.05) is 18.8 Å². The molecule has 0 spiro atoms. The summed E-state index contributed by atoms with van der Waals surface area (Å²) in [4.78, 5) is 2.13. The lowest BCUT2D eigenvalue weighted by atomic mass is 9.98. The third-order valence-corrected chi connectivity index (χ3v) is 3.18. The van der Waals surface area contributed by atoms with E-state index < -0.39 is 5.54 Å². The van der Waals surface area contributed by atoms with Crippen molar-refractivity contribution in [3.05, 3.63) is 30.1 Å². The van der Waals surface area contributed by atoms with Gasteiger partial charge in [-0.3, -0.25) is 0 Å². The van der Waals surface area contributed by atoms with E-state index in [0.717, 1.165) is 31.6 Å². The van der Waals surface area contributed by atoms with Crippen molar-refractivity contribution >= 4 is 5.69 Å². The molecular formula is C15H22FN3. The second kappa shape index (κ2) is 7.10. The summed E-state index contributed by atoms with van der Waals surface area (Å²) in [5.41, 5.74) is 5.93. The van der Waals surface area contributed by atoms with E-state index in [2.05, 4.69) is 11.0 Å². The lowest BCUT2D eigenvalue weighted by molar-refractivity contribution is 0.507. The highest BCUT2D eigenvalue weighted by atomic mass is 19.1. The molecule has 0 aromatic heterocycles. The zero-order valence-electron chi connectivity index (χ0n) is 11.7. The lowest BCUT2D eigenvalue weighted by Gasteiger charge is -2.24. The molecule has 1 unspecified atom stereocenters. The highest BCUT2D eigenvalue weighted by molar-refractivity contribution is 5.46. The van der Waals surface area contributed by atoms with Gasteiger partial charge in [-0.25, -0.2) is 4.39 Å². The number of anilines is 1. The fourth-order valence-electron chi connectivity index (χ4n) is 1.99. The Morgan fingerprint density at radius 2 is 2.16 bits per heavy atom. The van der Waals surface area contributed by atoms with Gasteiger partial charge in [-0.2, -0.15) is 5.26 Å². The van der Waals surface area contributed by atoms with Crippen molar-refractivity contribution in [2.24, 2.45) is 5.73 Å². The summed E-state index contributed by atoms with van der Waals surface area (Å²) < 4.78 is 13.2. The van der Waals surface area contributed by atoms with Gasteiger partial charge < -0.3 is 10.6 Å². The molecule has 1 aromatic carbocycles. The summed E-state index contributed by atoms with van der Waals surface area (Å²) in [6.07, 6.45) is 2.52. The molecule has 3 nitrogen and oxygen atoms in total. The zero-order chi connectivity index (χ0) is 14.3. The molecule has 0 bridgehead atoms. The fraction of sp³-hybridized carbons (Fsp3) is 0.533. The number of nitrogens with two attached hydrogens (primary N) is 1. The molecule has 1 atom stereocenters. The number of benzene rings is 1. The van der Waals surface area contributed by atoms with Crippen LogP contribution in [0.3, 0.4) is 0 Å². The lowest BCUT2D eigenvalue weighted by Crippen LogP contribution is -2.34. The average Bonchev–Trinajstić information content (AvgIpc) is 2.39. The van der Waals surface area contributed by atoms with Crippen LogP contribution in [0.25, 0.3) is 0 Å². The van der Waals surface area contributed by atoms with E-state index in [1.807, 2.05) is 13.0 Å². The summed E-state index contributed by atoms with van der Waals surface area (Å²) in [6, 6.07) is 8.73. The third-order valence-electron chi connectivity index (χ3n) is 3.18. The summed E-state index contributed by atoms with van der Waals surface area (Å²) in [7, 11) is 0. The Morgan fingerprint density at radius 3 is 2.74 bits per heavy atom. The zero-order valence-corrected chi connectivity index (χ0v) is 11.7.